The predicted molar refractivity (Wildman–Crippen MR) is 98.3 cm³/mol. The second-order valence-corrected chi connectivity index (χ2v) is 6.35. The largest absolute Gasteiger partial charge is 0.495 e. The molecule has 0 N–H and O–H groups in total. The first kappa shape index (κ1) is 17.3. The number of aromatic nitrogens is 2. The molecule has 0 aliphatic carbocycles. The van der Waals surface area contributed by atoms with Crippen molar-refractivity contribution in [2.24, 2.45) is 7.05 Å². The van der Waals surface area contributed by atoms with E-state index in [1.807, 2.05) is 36.2 Å². The van der Waals surface area contributed by atoms with Gasteiger partial charge in [-0.3, -0.25) is 9.48 Å². The highest BCUT2D eigenvalue weighted by Crippen LogP contribution is 2.28. The van der Waals surface area contributed by atoms with E-state index in [0.29, 0.717) is 18.8 Å². The Bertz CT molecular complexity index is 733. The van der Waals surface area contributed by atoms with Gasteiger partial charge in [0.2, 0.25) is 0 Å². The van der Waals surface area contributed by atoms with E-state index in [9.17, 15) is 4.79 Å². The number of ether oxygens (including phenoxy) is 1. The van der Waals surface area contributed by atoms with Gasteiger partial charge in [0.15, 0.2) is 0 Å². The number of hydrogen-bond acceptors (Lipinski definition) is 4. The molecule has 0 bridgehead atoms. The maximum absolute atomic E-state index is 12.8. The molecule has 0 saturated carbocycles. The fraction of sp³-hybridized carbons (Fsp3) is 0.474. The number of piperazine rings is 1. The lowest BCUT2D eigenvalue weighted by atomic mass is 10.2. The summed E-state index contributed by atoms with van der Waals surface area (Å²) in [4.78, 5) is 17.0. The van der Waals surface area contributed by atoms with Crippen molar-refractivity contribution in [1.29, 1.82) is 0 Å². The molecule has 2 heterocycles. The Balaban J connectivity index is 1.67. The van der Waals surface area contributed by atoms with Crippen LogP contribution in [0.2, 0.25) is 0 Å². The number of hydrogen-bond donors (Lipinski definition) is 0. The molecule has 1 saturated heterocycles. The number of para-hydroxylation sites is 2. The van der Waals surface area contributed by atoms with Gasteiger partial charge in [0.05, 0.1) is 18.5 Å². The average molecular weight is 342 g/mol. The number of benzene rings is 1. The van der Waals surface area contributed by atoms with E-state index in [0.717, 1.165) is 43.1 Å². The van der Waals surface area contributed by atoms with E-state index in [1.165, 1.54) is 0 Å². The SMILES string of the molecule is CCCc1cc(C(=O)N2CCN(c3ccccc3OC)CC2)n(C)n1. The monoisotopic (exact) mass is 342 g/mol. The molecule has 25 heavy (non-hydrogen) atoms. The zero-order valence-corrected chi connectivity index (χ0v) is 15.2. The lowest BCUT2D eigenvalue weighted by molar-refractivity contribution is 0.0735. The van der Waals surface area contributed by atoms with Crippen molar-refractivity contribution in [2.45, 2.75) is 19.8 Å². The van der Waals surface area contributed by atoms with Crippen LogP contribution < -0.4 is 9.64 Å². The molecular weight excluding hydrogens is 316 g/mol. The van der Waals surface area contributed by atoms with Gasteiger partial charge in [0, 0.05) is 33.2 Å². The van der Waals surface area contributed by atoms with Crippen molar-refractivity contribution in [3.63, 3.8) is 0 Å². The van der Waals surface area contributed by atoms with Gasteiger partial charge in [-0.05, 0) is 24.6 Å². The first-order chi connectivity index (χ1) is 12.1. The fourth-order valence-corrected chi connectivity index (χ4v) is 3.31. The average Bonchev–Trinajstić information content (AvgIpc) is 3.02. The molecule has 1 aliphatic rings. The molecule has 0 spiro atoms. The van der Waals surface area contributed by atoms with E-state index >= 15 is 0 Å². The molecule has 1 aromatic carbocycles. The van der Waals surface area contributed by atoms with Crippen LogP contribution in [-0.4, -0.2) is 53.9 Å². The lowest BCUT2D eigenvalue weighted by Crippen LogP contribution is -2.49. The molecule has 1 fully saturated rings. The highest BCUT2D eigenvalue weighted by atomic mass is 16.5. The van der Waals surface area contributed by atoms with Crippen molar-refractivity contribution in [3.05, 3.63) is 41.7 Å². The molecule has 1 amide bonds. The van der Waals surface area contributed by atoms with Gasteiger partial charge in [0.25, 0.3) is 5.91 Å². The summed E-state index contributed by atoms with van der Waals surface area (Å²) in [7, 11) is 3.53. The maximum Gasteiger partial charge on any atom is 0.272 e. The predicted octanol–water partition coefficient (Wildman–Crippen LogP) is 2.34. The van der Waals surface area contributed by atoms with Crippen LogP contribution in [0.1, 0.15) is 29.5 Å². The highest BCUT2D eigenvalue weighted by Gasteiger charge is 2.25. The zero-order chi connectivity index (χ0) is 17.8. The van der Waals surface area contributed by atoms with Crippen molar-refractivity contribution in [2.75, 3.05) is 38.2 Å². The summed E-state index contributed by atoms with van der Waals surface area (Å²) >= 11 is 0. The number of anilines is 1. The van der Waals surface area contributed by atoms with Crippen molar-refractivity contribution in [3.8, 4) is 5.75 Å². The van der Waals surface area contributed by atoms with Gasteiger partial charge in [-0.15, -0.1) is 0 Å². The summed E-state index contributed by atoms with van der Waals surface area (Å²) < 4.78 is 7.16. The van der Waals surface area contributed by atoms with Gasteiger partial charge in [-0.25, -0.2) is 0 Å². The highest BCUT2D eigenvalue weighted by molar-refractivity contribution is 5.93. The summed E-state index contributed by atoms with van der Waals surface area (Å²) in [6, 6.07) is 9.95. The Morgan fingerprint density at radius 2 is 1.92 bits per heavy atom. The minimum Gasteiger partial charge on any atom is -0.495 e. The summed E-state index contributed by atoms with van der Waals surface area (Å²) in [5.41, 5.74) is 2.75. The minimum absolute atomic E-state index is 0.0667. The van der Waals surface area contributed by atoms with Crippen LogP contribution in [-0.2, 0) is 13.5 Å². The van der Waals surface area contributed by atoms with Crippen LogP contribution in [0.4, 0.5) is 5.69 Å². The smallest absolute Gasteiger partial charge is 0.272 e. The van der Waals surface area contributed by atoms with E-state index in [4.69, 9.17) is 4.74 Å². The van der Waals surface area contributed by atoms with Crippen molar-refractivity contribution in [1.82, 2.24) is 14.7 Å². The number of carbonyl (C=O) groups excluding carboxylic acids is 1. The zero-order valence-electron chi connectivity index (χ0n) is 15.2. The first-order valence-corrected chi connectivity index (χ1v) is 8.84. The molecule has 0 radical (unpaired) electrons. The van der Waals surface area contributed by atoms with Crippen molar-refractivity contribution < 1.29 is 9.53 Å². The van der Waals surface area contributed by atoms with Crippen LogP contribution >= 0.6 is 0 Å². The van der Waals surface area contributed by atoms with E-state index in [-0.39, 0.29) is 5.91 Å². The molecule has 1 aromatic heterocycles. The molecule has 6 heteroatoms. The van der Waals surface area contributed by atoms with Crippen LogP contribution in [0.5, 0.6) is 5.75 Å². The number of nitrogens with zero attached hydrogens (tertiary/aromatic N) is 4. The topological polar surface area (TPSA) is 50.6 Å². The third-order valence-corrected chi connectivity index (χ3v) is 4.65. The Labute approximate surface area is 149 Å². The van der Waals surface area contributed by atoms with E-state index in [2.05, 4.69) is 23.0 Å². The number of amides is 1. The molecule has 2 aromatic rings. The molecule has 1 aliphatic heterocycles. The number of rotatable bonds is 5. The summed E-state index contributed by atoms with van der Waals surface area (Å²) in [6.45, 7) is 5.11. The maximum atomic E-state index is 12.8. The van der Waals surface area contributed by atoms with Crippen LogP contribution in [0.15, 0.2) is 30.3 Å². The Hall–Kier alpha value is -2.50. The third kappa shape index (κ3) is 3.62. The first-order valence-electron chi connectivity index (χ1n) is 8.84. The Kier molecular flexibility index (Phi) is 5.26. The van der Waals surface area contributed by atoms with Crippen LogP contribution in [0.3, 0.4) is 0 Å². The summed E-state index contributed by atoms with van der Waals surface area (Å²) in [5, 5.41) is 4.44. The van der Waals surface area contributed by atoms with Crippen molar-refractivity contribution >= 4 is 11.6 Å². The fourth-order valence-electron chi connectivity index (χ4n) is 3.31. The minimum atomic E-state index is 0.0667. The van der Waals surface area contributed by atoms with Gasteiger partial charge < -0.3 is 14.5 Å². The molecular formula is C19H26N4O2. The van der Waals surface area contributed by atoms with Gasteiger partial charge in [0.1, 0.15) is 11.4 Å². The Morgan fingerprint density at radius 3 is 2.60 bits per heavy atom. The molecule has 134 valence electrons. The number of methoxy groups -OCH3 is 1. The second kappa shape index (κ2) is 7.59. The number of aryl methyl sites for hydroxylation is 2. The molecule has 0 atom stereocenters. The van der Waals surface area contributed by atoms with Crippen LogP contribution in [0, 0.1) is 0 Å². The quantitative estimate of drug-likeness (QED) is 0.837. The summed E-state index contributed by atoms with van der Waals surface area (Å²) in [5.74, 6) is 0.940. The van der Waals surface area contributed by atoms with Gasteiger partial charge in [-0.1, -0.05) is 25.5 Å². The standard InChI is InChI=1S/C19H26N4O2/c1-4-7-15-14-17(21(2)20-15)19(24)23-12-10-22(11-13-23)16-8-5-6-9-18(16)25-3/h5-6,8-9,14H,4,7,10-13H2,1-3H3. The van der Waals surface area contributed by atoms with Crippen LogP contribution in [0.25, 0.3) is 0 Å². The number of carbonyl (C=O) groups is 1. The van der Waals surface area contributed by atoms with E-state index < -0.39 is 0 Å². The molecule has 3 rings (SSSR count). The Morgan fingerprint density at radius 1 is 1.20 bits per heavy atom. The lowest BCUT2D eigenvalue weighted by Gasteiger charge is -2.36. The van der Waals surface area contributed by atoms with E-state index in [1.54, 1.807) is 11.8 Å². The normalized spacial score (nSPS) is 14.7. The second-order valence-electron chi connectivity index (χ2n) is 6.35. The summed E-state index contributed by atoms with van der Waals surface area (Å²) in [6.07, 6.45) is 1.94. The molecule has 6 nitrogen and oxygen atoms in total. The third-order valence-electron chi connectivity index (χ3n) is 4.65. The van der Waals surface area contributed by atoms with Gasteiger partial charge in [-0.2, -0.15) is 5.10 Å². The van der Waals surface area contributed by atoms with Gasteiger partial charge >= 0.3 is 0 Å². The molecule has 0 unspecified atom stereocenters.